The van der Waals surface area contributed by atoms with Gasteiger partial charge >= 0.3 is 0 Å². The van der Waals surface area contributed by atoms with Gasteiger partial charge in [-0.1, -0.05) is 48.0 Å². The van der Waals surface area contributed by atoms with Gasteiger partial charge in [-0.2, -0.15) is 4.31 Å². The van der Waals surface area contributed by atoms with E-state index < -0.39 is 10.0 Å². The molecule has 0 N–H and O–H groups in total. The number of rotatable bonds is 5. The summed E-state index contributed by atoms with van der Waals surface area (Å²) in [7, 11) is -1.83. The summed E-state index contributed by atoms with van der Waals surface area (Å²) in [4.78, 5) is 0.436. The van der Waals surface area contributed by atoms with E-state index in [1.165, 1.54) is 4.31 Å². The number of nitrogens with zero attached hydrogens (tertiary/aromatic N) is 1. The topological polar surface area (TPSA) is 37.4 Å². The van der Waals surface area contributed by atoms with Crippen LogP contribution in [0.15, 0.2) is 47.4 Å². The molecule has 0 aliphatic heterocycles. The zero-order chi connectivity index (χ0) is 17.2. The Kier molecular flexibility index (Phi) is 5.27. The highest BCUT2D eigenvalue weighted by molar-refractivity contribution is 7.89. The first-order chi connectivity index (χ1) is 10.7. The van der Waals surface area contributed by atoms with E-state index in [1.807, 2.05) is 70.2 Å². The summed E-state index contributed by atoms with van der Waals surface area (Å²) >= 11 is 0. The third-order valence-electron chi connectivity index (χ3n) is 4.24. The lowest BCUT2D eigenvalue weighted by Crippen LogP contribution is -2.37. The Morgan fingerprint density at radius 2 is 1.52 bits per heavy atom. The van der Waals surface area contributed by atoms with E-state index >= 15 is 0 Å². The van der Waals surface area contributed by atoms with Crippen LogP contribution in [0.5, 0.6) is 0 Å². The molecule has 0 saturated carbocycles. The summed E-state index contributed by atoms with van der Waals surface area (Å²) in [5.41, 5.74) is 3.83. The number of sulfonamides is 1. The highest BCUT2D eigenvalue weighted by Crippen LogP contribution is 2.26. The second-order valence-electron chi connectivity index (χ2n) is 6.29. The van der Waals surface area contributed by atoms with E-state index in [2.05, 4.69) is 0 Å². The van der Waals surface area contributed by atoms with Gasteiger partial charge in [0.1, 0.15) is 0 Å². The molecule has 3 nitrogen and oxygen atoms in total. The molecule has 1 atom stereocenters. The number of hydrogen-bond acceptors (Lipinski definition) is 2. The number of aryl methyl sites for hydroxylation is 3. The maximum Gasteiger partial charge on any atom is 0.243 e. The molecule has 0 aliphatic carbocycles. The van der Waals surface area contributed by atoms with Gasteiger partial charge in [0.05, 0.1) is 4.90 Å². The average molecular weight is 331 g/mol. The molecule has 124 valence electrons. The zero-order valence-corrected chi connectivity index (χ0v) is 15.3. The summed E-state index contributed by atoms with van der Waals surface area (Å²) in [5, 5.41) is 0. The molecule has 2 aromatic carbocycles. The van der Waals surface area contributed by atoms with Crippen LogP contribution in [-0.2, 0) is 16.4 Å². The van der Waals surface area contributed by atoms with Crippen LogP contribution in [0.3, 0.4) is 0 Å². The monoisotopic (exact) mass is 331 g/mol. The third kappa shape index (κ3) is 3.82. The van der Waals surface area contributed by atoms with E-state index in [0.717, 1.165) is 22.3 Å². The first-order valence-corrected chi connectivity index (χ1v) is 9.27. The lowest BCUT2D eigenvalue weighted by atomic mass is 10.1. The number of hydrogen-bond donors (Lipinski definition) is 0. The van der Waals surface area contributed by atoms with Gasteiger partial charge in [-0.15, -0.1) is 0 Å². The van der Waals surface area contributed by atoms with Gasteiger partial charge in [0.2, 0.25) is 10.0 Å². The first-order valence-electron chi connectivity index (χ1n) is 7.83. The van der Waals surface area contributed by atoms with Gasteiger partial charge < -0.3 is 0 Å². The van der Waals surface area contributed by atoms with Gasteiger partial charge in [-0.3, -0.25) is 0 Å². The summed E-state index contributed by atoms with van der Waals surface area (Å²) in [6, 6.07) is 13.7. The summed E-state index contributed by atoms with van der Waals surface area (Å²) < 4.78 is 27.6. The van der Waals surface area contributed by atoms with Crippen molar-refractivity contribution < 1.29 is 8.42 Å². The number of likely N-dealkylation sites (N-methyl/N-ethyl adjacent to an activating group) is 1. The Balaban J connectivity index is 2.32. The second kappa shape index (κ2) is 6.85. The van der Waals surface area contributed by atoms with Gasteiger partial charge in [-0.25, -0.2) is 8.42 Å². The fourth-order valence-corrected chi connectivity index (χ4v) is 4.81. The van der Waals surface area contributed by atoms with Crippen molar-refractivity contribution in [3.8, 4) is 0 Å². The van der Waals surface area contributed by atoms with Crippen LogP contribution in [-0.4, -0.2) is 25.8 Å². The minimum Gasteiger partial charge on any atom is -0.207 e. The Morgan fingerprint density at radius 3 is 2.04 bits per heavy atom. The highest BCUT2D eigenvalue weighted by Gasteiger charge is 2.28. The molecular formula is C19H25NO2S. The molecule has 0 amide bonds. The summed E-state index contributed by atoms with van der Waals surface area (Å²) in [5.74, 6) is 0. The zero-order valence-electron chi connectivity index (χ0n) is 14.5. The molecule has 0 fully saturated rings. The van der Waals surface area contributed by atoms with Crippen molar-refractivity contribution in [1.82, 2.24) is 4.31 Å². The predicted molar refractivity (Wildman–Crippen MR) is 95.2 cm³/mol. The molecule has 2 rings (SSSR count). The third-order valence-corrected chi connectivity index (χ3v) is 6.51. The van der Waals surface area contributed by atoms with Crippen molar-refractivity contribution in [3.63, 3.8) is 0 Å². The number of benzene rings is 2. The molecule has 0 heterocycles. The maximum absolute atomic E-state index is 13.0. The van der Waals surface area contributed by atoms with Crippen molar-refractivity contribution in [3.05, 3.63) is 64.7 Å². The molecule has 0 spiro atoms. The van der Waals surface area contributed by atoms with Crippen LogP contribution in [0.1, 0.15) is 29.2 Å². The van der Waals surface area contributed by atoms with Gasteiger partial charge in [0.25, 0.3) is 0 Å². The molecule has 23 heavy (non-hydrogen) atoms. The largest absolute Gasteiger partial charge is 0.243 e. The van der Waals surface area contributed by atoms with Crippen LogP contribution in [0, 0.1) is 20.8 Å². The van der Waals surface area contributed by atoms with E-state index in [1.54, 1.807) is 7.05 Å². The van der Waals surface area contributed by atoms with Crippen molar-refractivity contribution in [1.29, 1.82) is 0 Å². The summed E-state index contributed by atoms with van der Waals surface area (Å²) in [6.45, 7) is 7.66. The quantitative estimate of drug-likeness (QED) is 0.834. The minimum absolute atomic E-state index is 0.109. The van der Waals surface area contributed by atoms with E-state index in [4.69, 9.17) is 0 Å². The summed E-state index contributed by atoms with van der Waals surface area (Å²) in [6.07, 6.45) is 0.695. The van der Waals surface area contributed by atoms with Crippen LogP contribution in [0.4, 0.5) is 0 Å². The normalized spacial score (nSPS) is 13.3. The molecule has 2 aromatic rings. The van der Waals surface area contributed by atoms with E-state index in [-0.39, 0.29) is 6.04 Å². The van der Waals surface area contributed by atoms with Gasteiger partial charge in [0, 0.05) is 13.1 Å². The molecule has 0 saturated heterocycles. The molecular weight excluding hydrogens is 306 g/mol. The van der Waals surface area contributed by atoms with Crippen LogP contribution < -0.4 is 0 Å². The molecule has 0 aromatic heterocycles. The first kappa shape index (κ1) is 17.7. The van der Waals surface area contributed by atoms with Crippen LogP contribution >= 0.6 is 0 Å². The maximum atomic E-state index is 13.0. The SMILES string of the molecule is Cc1cc(C)c(S(=O)(=O)N(C)[C@H](C)Cc2ccccc2)c(C)c1. The minimum atomic E-state index is -3.50. The van der Waals surface area contributed by atoms with Gasteiger partial charge in [-0.05, 0) is 50.8 Å². The van der Waals surface area contributed by atoms with Crippen LogP contribution in [0.25, 0.3) is 0 Å². The molecule has 4 heteroatoms. The average Bonchev–Trinajstić information content (AvgIpc) is 2.45. The Labute approximate surface area is 140 Å². The Bertz CT molecular complexity index is 759. The van der Waals surface area contributed by atoms with Crippen molar-refractivity contribution in [2.75, 3.05) is 7.05 Å². The molecule has 0 aliphatic rings. The van der Waals surface area contributed by atoms with E-state index in [0.29, 0.717) is 11.3 Å². The smallest absolute Gasteiger partial charge is 0.207 e. The van der Waals surface area contributed by atoms with Gasteiger partial charge in [0.15, 0.2) is 0 Å². The molecule has 0 bridgehead atoms. The standard InChI is InChI=1S/C19H25NO2S/c1-14-11-15(2)19(16(3)12-14)23(21,22)20(5)17(4)13-18-9-7-6-8-10-18/h6-12,17H,13H2,1-5H3/t17-/m1/s1. The molecule has 0 radical (unpaired) electrons. The van der Waals surface area contributed by atoms with Crippen molar-refractivity contribution >= 4 is 10.0 Å². The van der Waals surface area contributed by atoms with Crippen molar-refractivity contribution in [2.45, 2.75) is 45.1 Å². The second-order valence-corrected chi connectivity index (χ2v) is 8.22. The Morgan fingerprint density at radius 1 is 1.00 bits per heavy atom. The van der Waals surface area contributed by atoms with E-state index in [9.17, 15) is 8.42 Å². The molecule has 0 unspecified atom stereocenters. The van der Waals surface area contributed by atoms with Crippen LogP contribution in [0.2, 0.25) is 0 Å². The fraction of sp³-hybridized carbons (Fsp3) is 0.368. The highest BCUT2D eigenvalue weighted by atomic mass is 32.2. The lowest BCUT2D eigenvalue weighted by molar-refractivity contribution is 0.386. The Hall–Kier alpha value is -1.65. The lowest BCUT2D eigenvalue weighted by Gasteiger charge is -2.26. The predicted octanol–water partition coefficient (Wildman–Crippen LogP) is 3.86. The van der Waals surface area contributed by atoms with Crippen molar-refractivity contribution in [2.24, 2.45) is 0 Å². The fourth-order valence-electron chi connectivity index (χ4n) is 3.04.